The molecule has 1 aliphatic heterocycles. The summed E-state index contributed by atoms with van der Waals surface area (Å²) >= 11 is 14.1. The average Bonchev–Trinajstić information content (AvgIpc) is 2.69. The maximum atomic E-state index is 6.03. The number of rotatable bonds is 1. The maximum Gasteiger partial charge on any atom is 0.150 e. The van der Waals surface area contributed by atoms with Crippen molar-refractivity contribution in [2.75, 3.05) is 6.61 Å². The Morgan fingerprint density at radius 2 is 2.22 bits per heavy atom. The van der Waals surface area contributed by atoms with Crippen LogP contribution < -0.4 is 0 Å². The van der Waals surface area contributed by atoms with E-state index >= 15 is 0 Å². The first-order chi connectivity index (χ1) is 8.66. The van der Waals surface area contributed by atoms with Crippen LogP contribution in [0.4, 0.5) is 0 Å². The van der Waals surface area contributed by atoms with Gasteiger partial charge in [-0.05, 0) is 47.9 Å². The largest absolute Gasteiger partial charge is 0.356 e. The van der Waals surface area contributed by atoms with Gasteiger partial charge in [-0.1, -0.05) is 23.2 Å². The Morgan fingerprint density at radius 1 is 1.39 bits per heavy atom. The molecule has 1 unspecified atom stereocenters. The monoisotopic (exact) mass is 397 g/mol. The Kier molecular flexibility index (Phi) is 3.66. The summed E-state index contributed by atoms with van der Waals surface area (Å²) in [4.78, 5) is 4.28. The van der Waals surface area contributed by atoms with E-state index in [0.29, 0.717) is 10.2 Å². The summed E-state index contributed by atoms with van der Waals surface area (Å²) in [5.41, 5.74) is 1.65. The van der Waals surface area contributed by atoms with Crippen LogP contribution >= 0.6 is 45.8 Å². The molecule has 0 radical (unpaired) electrons. The van der Waals surface area contributed by atoms with E-state index in [2.05, 4.69) is 32.7 Å². The highest BCUT2D eigenvalue weighted by molar-refractivity contribution is 14.1. The lowest BCUT2D eigenvalue weighted by Crippen LogP contribution is -2.19. The van der Waals surface area contributed by atoms with Crippen LogP contribution in [0.1, 0.15) is 25.5 Å². The lowest BCUT2D eigenvalue weighted by Gasteiger charge is -2.23. The molecule has 1 aliphatic rings. The van der Waals surface area contributed by atoms with Gasteiger partial charge in [0, 0.05) is 6.61 Å². The first-order valence-corrected chi connectivity index (χ1v) is 7.51. The van der Waals surface area contributed by atoms with Gasteiger partial charge in [-0.2, -0.15) is 5.10 Å². The second kappa shape index (κ2) is 5.11. The molecule has 3 heterocycles. The van der Waals surface area contributed by atoms with Gasteiger partial charge in [0.25, 0.3) is 0 Å². The fourth-order valence-electron chi connectivity index (χ4n) is 2.12. The molecule has 0 saturated carbocycles. The summed E-state index contributed by atoms with van der Waals surface area (Å²) in [7, 11) is 0. The lowest BCUT2D eigenvalue weighted by molar-refractivity contribution is -0.0368. The minimum atomic E-state index is -0.0243. The summed E-state index contributed by atoms with van der Waals surface area (Å²) in [5.74, 6) is 0. The van der Waals surface area contributed by atoms with E-state index < -0.39 is 0 Å². The van der Waals surface area contributed by atoms with Crippen molar-refractivity contribution in [2.45, 2.75) is 25.5 Å². The normalized spacial score (nSPS) is 20.5. The van der Waals surface area contributed by atoms with Crippen molar-refractivity contribution in [1.29, 1.82) is 0 Å². The van der Waals surface area contributed by atoms with Crippen LogP contribution in [-0.2, 0) is 4.74 Å². The van der Waals surface area contributed by atoms with E-state index in [1.165, 1.54) is 0 Å². The second-order valence-corrected chi connectivity index (χ2v) is 5.97. The van der Waals surface area contributed by atoms with E-state index in [-0.39, 0.29) is 6.23 Å². The second-order valence-electron chi connectivity index (χ2n) is 4.19. The molecule has 4 nitrogen and oxygen atoms in total. The molecule has 0 N–H and O–H groups in total. The zero-order chi connectivity index (χ0) is 12.7. The topological polar surface area (TPSA) is 39.9 Å². The van der Waals surface area contributed by atoms with Crippen molar-refractivity contribution >= 4 is 56.8 Å². The maximum absolute atomic E-state index is 6.03. The molecule has 2 aromatic rings. The number of hydrogen-bond donors (Lipinski definition) is 0. The molecule has 1 atom stereocenters. The Balaban J connectivity index is 2.14. The highest BCUT2D eigenvalue weighted by atomic mass is 127. The molecule has 0 bridgehead atoms. The summed E-state index contributed by atoms with van der Waals surface area (Å²) in [6, 6.07) is 1.80. The van der Waals surface area contributed by atoms with Gasteiger partial charge in [0.15, 0.2) is 6.23 Å². The van der Waals surface area contributed by atoms with Gasteiger partial charge in [-0.3, -0.25) is 0 Å². The zero-order valence-corrected chi connectivity index (χ0v) is 13.0. The molecule has 0 spiro atoms. The first kappa shape index (κ1) is 12.9. The minimum absolute atomic E-state index is 0.0243. The van der Waals surface area contributed by atoms with Crippen LogP contribution in [0.15, 0.2) is 6.07 Å². The fraction of sp³-hybridized carbons (Fsp3) is 0.455. The van der Waals surface area contributed by atoms with Crippen molar-refractivity contribution in [1.82, 2.24) is 14.8 Å². The van der Waals surface area contributed by atoms with E-state index in [1.54, 1.807) is 6.07 Å². The number of halogens is 3. The molecule has 0 amide bonds. The third-order valence-corrected chi connectivity index (χ3v) is 4.38. The molecule has 96 valence electrons. The molecule has 2 aromatic heterocycles. The van der Waals surface area contributed by atoms with Crippen molar-refractivity contribution < 1.29 is 4.74 Å². The Morgan fingerprint density at radius 3 is 2.94 bits per heavy atom. The number of hydrogen-bond acceptors (Lipinski definition) is 3. The highest BCUT2D eigenvalue weighted by Crippen LogP contribution is 2.31. The van der Waals surface area contributed by atoms with Crippen LogP contribution in [0.3, 0.4) is 0 Å². The molecule has 1 saturated heterocycles. The van der Waals surface area contributed by atoms with Gasteiger partial charge in [0.1, 0.15) is 14.4 Å². The fourth-order valence-corrected chi connectivity index (χ4v) is 3.03. The van der Waals surface area contributed by atoms with Crippen LogP contribution in [0.25, 0.3) is 11.0 Å². The Hall–Kier alpha value is -0.110. The number of ether oxygens (including phenoxy) is 1. The van der Waals surface area contributed by atoms with Gasteiger partial charge < -0.3 is 4.74 Å². The molecule has 18 heavy (non-hydrogen) atoms. The SMILES string of the molecule is Clc1cc2c(nc1Cl)c(I)nn2C1CCCCO1. The predicted molar refractivity (Wildman–Crippen MR) is 79.1 cm³/mol. The highest BCUT2D eigenvalue weighted by Gasteiger charge is 2.21. The third-order valence-electron chi connectivity index (χ3n) is 2.98. The van der Waals surface area contributed by atoms with Crippen LogP contribution in [0.2, 0.25) is 10.2 Å². The molecular weight excluding hydrogens is 388 g/mol. The smallest absolute Gasteiger partial charge is 0.150 e. The summed E-state index contributed by atoms with van der Waals surface area (Å²) < 4.78 is 8.43. The van der Waals surface area contributed by atoms with Gasteiger partial charge in [-0.15, -0.1) is 0 Å². The minimum Gasteiger partial charge on any atom is -0.356 e. The Bertz CT molecular complexity index is 595. The van der Waals surface area contributed by atoms with E-state index in [9.17, 15) is 0 Å². The van der Waals surface area contributed by atoms with Gasteiger partial charge in [0.2, 0.25) is 0 Å². The average molecular weight is 398 g/mol. The Labute approximate surface area is 128 Å². The molecule has 0 aromatic carbocycles. The molecule has 3 rings (SSSR count). The molecular formula is C11H10Cl2IN3O. The van der Waals surface area contributed by atoms with E-state index in [0.717, 1.165) is 40.6 Å². The zero-order valence-electron chi connectivity index (χ0n) is 9.37. The van der Waals surface area contributed by atoms with E-state index in [4.69, 9.17) is 27.9 Å². The molecule has 1 fully saturated rings. The van der Waals surface area contributed by atoms with Gasteiger partial charge in [-0.25, -0.2) is 9.67 Å². The number of aromatic nitrogens is 3. The number of fused-ring (bicyclic) bond motifs is 1. The standard InChI is InChI=1S/C11H10Cl2IN3O/c12-6-5-7-9(15-10(6)13)11(14)16-17(7)8-3-1-2-4-18-8/h5,8H,1-4H2. The van der Waals surface area contributed by atoms with Crippen molar-refractivity contribution in [3.63, 3.8) is 0 Å². The van der Waals surface area contributed by atoms with Crippen molar-refractivity contribution in [2.24, 2.45) is 0 Å². The quantitative estimate of drug-likeness (QED) is 0.538. The van der Waals surface area contributed by atoms with Gasteiger partial charge in [0.05, 0.1) is 10.5 Å². The van der Waals surface area contributed by atoms with E-state index in [1.807, 2.05) is 4.68 Å². The first-order valence-electron chi connectivity index (χ1n) is 5.68. The molecule has 7 heteroatoms. The van der Waals surface area contributed by atoms with Crippen LogP contribution in [0, 0.1) is 3.70 Å². The molecule has 0 aliphatic carbocycles. The van der Waals surface area contributed by atoms with Crippen molar-refractivity contribution in [3.8, 4) is 0 Å². The summed E-state index contributed by atoms with van der Waals surface area (Å²) in [5, 5.41) is 5.25. The third kappa shape index (κ3) is 2.21. The summed E-state index contributed by atoms with van der Waals surface area (Å²) in [6.45, 7) is 0.775. The number of pyridine rings is 1. The van der Waals surface area contributed by atoms with Crippen molar-refractivity contribution in [3.05, 3.63) is 19.9 Å². The lowest BCUT2D eigenvalue weighted by atomic mass is 10.2. The van der Waals surface area contributed by atoms with Crippen LogP contribution in [-0.4, -0.2) is 21.4 Å². The number of nitrogens with zero attached hydrogens (tertiary/aromatic N) is 3. The summed E-state index contributed by atoms with van der Waals surface area (Å²) in [6.07, 6.45) is 3.20. The predicted octanol–water partition coefficient (Wildman–Crippen LogP) is 4.04. The van der Waals surface area contributed by atoms with Gasteiger partial charge >= 0.3 is 0 Å². The van der Waals surface area contributed by atoms with Crippen LogP contribution in [0.5, 0.6) is 0 Å².